The van der Waals surface area contributed by atoms with Gasteiger partial charge in [0.05, 0.1) is 0 Å². The molecule has 0 saturated heterocycles. The normalized spacial score (nSPS) is 16.2. The largest absolute Gasteiger partial charge is 0.338 e. The molecule has 18 heavy (non-hydrogen) atoms. The van der Waals surface area contributed by atoms with Crippen molar-refractivity contribution in [3.8, 4) is 0 Å². The molecule has 0 radical (unpaired) electrons. The highest BCUT2D eigenvalue weighted by atomic mass is 16.2. The molecule has 1 aliphatic carbocycles. The second-order valence-corrected chi connectivity index (χ2v) is 4.92. The van der Waals surface area contributed by atoms with Crippen LogP contribution < -0.4 is 10.6 Å². The SMILES string of the molecule is O=C(NCc1ccncc1)NCC1CCCCC1. The van der Waals surface area contributed by atoms with E-state index in [1.807, 2.05) is 12.1 Å². The van der Waals surface area contributed by atoms with E-state index in [-0.39, 0.29) is 6.03 Å². The summed E-state index contributed by atoms with van der Waals surface area (Å²) in [5.41, 5.74) is 1.07. The second kappa shape index (κ2) is 6.99. The minimum Gasteiger partial charge on any atom is -0.338 e. The molecule has 1 aromatic rings. The maximum Gasteiger partial charge on any atom is 0.315 e. The van der Waals surface area contributed by atoms with Gasteiger partial charge in [-0.15, -0.1) is 0 Å². The predicted molar refractivity (Wildman–Crippen MR) is 71.1 cm³/mol. The van der Waals surface area contributed by atoms with Gasteiger partial charge in [-0.3, -0.25) is 4.98 Å². The zero-order chi connectivity index (χ0) is 12.6. The Balaban J connectivity index is 1.63. The van der Waals surface area contributed by atoms with E-state index in [9.17, 15) is 4.79 Å². The van der Waals surface area contributed by atoms with Crippen LogP contribution in [0, 0.1) is 5.92 Å². The summed E-state index contributed by atoms with van der Waals surface area (Å²) in [6, 6.07) is 3.74. The molecule has 0 unspecified atom stereocenters. The van der Waals surface area contributed by atoms with Gasteiger partial charge in [-0.1, -0.05) is 19.3 Å². The molecule has 98 valence electrons. The molecule has 2 amide bonds. The molecule has 0 aromatic carbocycles. The number of carbonyl (C=O) groups is 1. The molecule has 1 fully saturated rings. The van der Waals surface area contributed by atoms with Crippen molar-refractivity contribution in [3.05, 3.63) is 30.1 Å². The Hall–Kier alpha value is -1.58. The quantitative estimate of drug-likeness (QED) is 0.858. The van der Waals surface area contributed by atoms with Gasteiger partial charge in [-0.2, -0.15) is 0 Å². The molecule has 4 heteroatoms. The zero-order valence-corrected chi connectivity index (χ0v) is 10.7. The van der Waals surface area contributed by atoms with Crippen LogP contribution in [0.25, 0.3) is 0 Å². The lowest BCUT2D eigenvalue weighted by atomic mass is 9.89. The van der Waals surface area contributed by atoms with Crippen molar-refractivity contribution in [1.82, 2.24) is 15.6 Å². The van der Waals surface area contributed by atoms with E-state index in [4.69, 9.17) is 0 Å². The van der Waals surface area contributed by atoms with Crippen molar-refractivity contribution in [2.75, 3.05) is 6.54 Å². The molecule has 2 N–H and O–H groups in total. The van der Waals surface area contributed by atoms with Crippen LogP contribution in [0.4, 0.5) is 4.79 Å². The molecule has 0 bridgehead atoms. The highest BCUT2D eigenvalue weighted by Crippen LogP contribution is 2.22. The van der Waals surface area contributed by atoms with Crippen molar-refractivity contribution < 1.29 is 4.79 Å². The van der Waals surface area contributed by atoms with Crippen LogP contribution in [0.15, 0.2) is 24.5 Å². The Labute approximate surface area is 108 Å². The van der Waals surface area contributed by atoms with Crippen LogP contribution in [0.5, 0.6) is 0 Å². The Morgan fingerprint density at radius 2 is 1.89 bits per heavy atom. The van der Waals surface area contributed by atoms with Crippen LogP contribution in [-0.2, 0) is 6.54 Å². The van der Waals surface area contributed by atoms with E-state index >= 15 is 0 Å². The Kier molecular flexibility index (Phi) is 5.00. The van der Waals surface area contributed by atoms with Crippen molar-refractivity contribution >= 4 is 6.03 Å². The molecule has 0 atom stereocenters. The lowest BCUT2D eigenvalue weighted by molar-refractivity contribution is 0.236. The number of nitrogens with one attached hydrogen (secondary N) is 2. The monoisotopic (exact) mass is 247 g/mol. The first-order chi connectivity index (χ1) is 8.84. The molecule has 1 saturated carbocycles. The first kappa shape index (κ1) is 12.9. The van der Waals surface area contributed by atoms with E-state index in [1.54, 1.807) is 12.4 Å². The standard InChI is InChI=1S/C14H21N3O/c18-14(16-10-12-4-2-1-3-5-12)17-11-13-6-8-15-9-7-13/h6-9,12H,1-5,10-11H2,(H2,16,17,18). The fourth-order valence-corrected chi connectivity index (χ4v) is 2.37. The maximum atomic E-state index is 11.6. The fraction of sp³-hybridized carbons (Fsp3) is 0.571. The molecular formula is C14H21N3O. The van der Waals surface area contributed by atoms with Gasteiger partial charge < -0.3 is 10.6 Å². The molecule has 2 rings (SSSR count). The van der Waals surface area contributed by atoms with E-state index in [0.717, 1.165) is 12.1 Å². The molecule has 0 spiro atoms. The number of rotatable bonds is 4. The maximum absolute atomic E-state index is 11.6. The van der Waals surface area contributed by atoms with Crippen molar-refractivity contribution in [1.29, 1.82) is 0 Å². The molecule has 1 aromatic heterocycles. The number of amides is 2. The summed E-state index contributed by atoms with van der Waals surface area (Å²) in [4.78, 5) is 15.6. The smallest absolute Gasteiger partial charge is 0.315 e. The minimum atomic E-state index is -0.0719. The molecule has 1 heterocycles. The van der Waals surface area contributed by atoms with Crippen LogP contribution in [0.1, 0.15) is 37.7 Å². The third-order valence-corrected chi connectivity index (χ3v) is 3.48. The van der Waals surface area contributed by atoms with Gasteiger partial charge in [-0.05, 0) is 36.5 Å². The average Bonchev–Trinajstić information content (AvgIpc) is 2.45. The van der Waals surface area contributed by atoms with Gasteiger partial charge in [-0.25, -0.2) is 4.79 Å². The van der Waals surface area contributed by atoms with E-state index in [0.29, 0.717) is 12.5 Å². The fourth-order valence-electron chi connectivity index (χ4n) is 2.37. The third-order valence-electron chi connectivity index (χ3n) is 3.48. The average molecular weight is 247 g/mol. The molecular weight excluding hydrogens is 226 g/mol. The van der Waals surface area contributed by atoms with E-state index < -0.39 is 0 Å². The summed E-state index contributed by atoms with van der Waals surface area (Å²) in [5.74, 6) is 0.672. The predicted octanol–water partition coefficient (Wildman–Crippen LogP) is 2.46. The van der Waals surface area contributed by atoms with Gasteiger partial charge in [0.15, 0.2) is 0 Å². The summed E-state index contributed by atoms with van der Waals surface area (Å²) in [6.45, 7) is 1.36. The van der Waals surface area contributed by atoms with Gasteiger partial charge >= 0.3 is 6.03 Å². The van der Waals surface area contributed by atoms with Gasteiger partial charge in [0.1, 0.15) is 0 Å². The Morgan fingerprint density at radius 3 is 2.61 bits per heavy atom. The van der Waals surface area contributed by atoms with Crippen LogP contribution >= 0.6 is 0 Å². The minimum absolute atomic E-state index is 0.0719. The highest BCUT2D eigenvalue weighted by Gasteiger charge is 2.13. The first-order valence-corrected chi connectivity index (χ1v) is 6.75. The molecule has 1 aliphatic rings. The zero-order valence-electron chi connectivity index (χ0n) is 10.7. The number of hydrogen-bond acceptors (Lipinski definition) is 2. The Morgan fingerprint density at radius 1 is 1.17 bits per heavy atom. The third kappa shape index (κ3) is 4.35. The van der Waals surface area contributed by atoms with Crippen LogP contribution in [0.3, 0.4) is 0 Å². The van der Waals surface area contributed by atoms with Gasteiger partial charge in [0.25, 0.3) is 0 Å². The summed E-state index contributed by atoms with van der Waals surface area (Å²) >= 11 is 0. The summed E-state index contributed by atoms with van der Waals surface area (Å²) in [5, 5.41) is 5.82. The number of aromatic nitrogens is 1. The van der Waals surface area contributed by atoms with E-state index in [2.05, 4.69) is 15.6 Å². The van der Waals surface area contributed by atoms with Crippen molar-refractivity contribution in [2.45, 2.75) is 38.6 Å². The second-order valence-electron chi connectivity index (χ2n) is 4.92. The van der Waals surface area contributed by atoms with Crippen LogP contribution in [-0.4, -0.2) is 17.6 Å². The van der Waals surface area contributed by atoms with E-state index in [1.165, 1.54) is 32.1 Å². The number of pyridine rings is 1. The Bertz CT molecular complexity index is 361. The summed E-state index contributed by atoms with van der Waals surface area (Å²) in [7, 11) is 0. The van der Waals surface area contributed by atoms with Gasteiger partial charge in [0, 0.05) is 25.5 Å². The van der Waals surface area contributed by atoms with Crippen molar-refractivity contribution in [3.63, 3.8) is 0 Å². The number of carbonyl (C=O) groups excluding carboxylic acids is 1. The summed E-state index contributed by atoms with van der Waals surface area (Å²) in [6.07, 6.45) is 9.95. The molecule has 4 nitrogen and oxygen atoms in total. The number of hydrogen-bond donors (Lipinski definition) is 2. The number of nitrogens with zero attached hydrogens (tertiary/aromatic N) is 1. The first-order valence-electron chi connectivity index (χ1n) is 6.75. The topological polar surface area (TPSA) is 54.0 Å². The summed E-state index contributed by atoms with van der Waals surface area (Å²) < 4.78 is 0. The highest BCUT2D eigenvalue weighted by molar-refractivity contribution is 5.73. The molecule has 0 aliphatic heterocycles. The van der Waals surface area contributed by atoms with Gasteiger partial charge in [0.2, 0.25) is 0 Å². The lowest BCUT2D eigenvalue weighted by Gasteiger charge is -2.21. The van der Waals surface area contributed by atoms with Crippen molar-refractivity contribution in [2.24, 2.45) is 5.92 Å². The van der Waals surface area contributed by atoms with Crippen LogP contribution in [0.2, 0.25) is 0 Å². The number of urea groups is 1. The lowest BCUT2D eigenvalue weighted by Crippen LogP contribution is -2.38.